The van der Waals surface area contributed by atoms with Gasteiger partial charge in [-0.15, -0.1) is 0 Å². The standard InChI is InChI=1S/C27H36FN3O4S/c1-5-24(27(33)29-23-8-6-7-9-23)30(17-21-11-13-22(28)14-12-21)26(32)18-31(36(4,34)35)25-15-10-19(2)16-20(25)3/h10-16,23-24H,5-9,17-18H2,1-4H3,(H,29,33)/t24-/m1/s1. The van der Waals surface area contributed by atoms with Crippen molar-refractivity contribution in [3.63, 3.8) is 0 Å². The topological polar surface area (TPSA) is 86.8 Å². The predicted octanol–water partition coefficient (Wildman–Crippen LogP) is 4.07. The lowest BCUT2D eigenvalue weighted by atomic mass is 10.1. The van der Waals surface area contributed by atoms with Gasteiger partial charge >= 0.3 is 0 Å². The number of carbonyl (C=O) groups excluding carboxylic acids is 2. The molecule has 196 valence electrons. The molecule has 0 saturated heterocycles. The number of benzene rings is 2. The summed E-state index contributed by atoms with van der Waals surface area (Å²) in [4.78, 5) is 28.4. The molecule has 1 N–H and O–H groups in total. The third-order valence-electron chi connectivity index (χ3n) is 6.65. The zero-order valence-corrected chi connectivity index (χ0v) is 22.3. The van der Waals surface area contributed by atoms with Gasteiger partial charge in [0.1, 0.15) is 18.4 Å². The fraction of sp³-hybridized carbons (Fsp3) is 0.481. The SMILES string of the molecule is CC[C@H](C(=O)NC1CCCC1)N(Cc1ccc(F)cc1)C(=O)CN(c1ccc(C)cc1C)S(C)(=O)=O. The number of halogens is 1. The molecule has 1 aliphatic rings. The summed E-state index contributed by atoms with van der Waals surface area (Å²) in [5, 5.41) is 3.07. The fourth-order valence-corrected chi connectivity index (χ4v) is 5.66. The Kier molecular flexibility index (Phi) is 9.11. The zero-order chi connectivity index (χ0) is 26.5. The highest BCUT2D eigenvalue weighted by Crippen LogP contribution is 2.25. The van der Waals surface area contributed by atoms with Crippen LogP contribution in [0.4, 0.5) is 10.1 Å². The average Bonchev–Trinajstić information content (AvgIpc) is 3.31. The van der Waals surface area contributed by atoms with E-state index in [1.165, 1.54) is 17.0 Å². The highest BCUT2D eigenvalue weighted by molar-refractivity contribution is 7.92. The normalized spacial score (nSPS) is 14.9. The van der Waals surface area contributed by atoms with E-state index in [1.54, 1.807) is 31.2 Å². The van der Waals surface area contributed by atoms with E-state index in [9.17, 15) is 22.4 Å². The van der Waals surface area contributed by atoms with Crippen LogP contribution in [0.3, 0.4) is 0 Å². The Hall–Kier alpha value is -2.94. The summed E-state index contributed by atoms with van der Waals surface area (Å²) < 4.78 is 40.1. The first-order valence-corrected chi connectivity index (χ1v) is 14.2. The number of hydrogen-bond donors (Lipinski definition) is 1. The highest BCUT2D eigenvalue weighted by Gasteiger charge is 2.33. The van der Waals surface area contributed by atoms with E-state index in [1.807, 2.05) is 19.9 Å². The molecule has 1 fully saturated rings. The van der Waals surface area contributed by atoms with Gasteiger partial charge < -0.3 is 10.2 Å². The molecular formula is C27H36FN3O4S. The van der Waals surface area contributed by atoms with Gasteiger partial charge in [-0.05, 0) is 62.4 Å². The van der Waals surface area contributed by atoms with E-state index in [-0.39, 0.29) is 18.5 Å². The average molecular weight is 518 g/mol. The van der Waals surface area contributed by atoms with Crippen LogP contribution in [-0.4, -0.2) is 50.0 Å². The lowest BCUT2D eigenvalue weighted by Crippen LogP contribution is -2.53. The van der Waals surface area contributed by atoms with Crippen LogP contribution in [0.5, 0.6) is 0 Å². The number of sulfonamides is 1. The summed E-state index contributed by atoms with van der Waals surface area (Å²) in [6.07, 6.45) is 5.34. The first kappa shape index (κ1) is 27.6. The van der Waals surface area contributed by atoms with Crippen LogP contribution in [0.15, 0.2) is 42.5 Å². The molecule has 0 bridgehead atoms. The van der Waals surface area contributed by atoms with Crippen molar-refractivity contribution in [1.82, 2.24) is 10.2 Å². The van der Waals surface area contributed by atoms with Crippen molar-refractivity contribution in [2.75, 3.05) is 17.1 Å². The van der Waals surface area contributed by atoms with E-state index >= 15 is 0 Å². The molecular weight excluding hydrogens is 481 g/mol. The molecule has 0 aliphatic heterocycles. The molecule has 2 aromatic carbocycles. The van der Waals surface area contributed by atoms with Crippen molar-refractivity contribution in [2.24, 2.45) is 0 Å². The Morgan fingerprint density at radius 2 is 1.72 bits per heavy atom. The first-order valence-electron chi connectivity index (χ1n) is 12.4. The van der Waals surface area contributed by atoms with Crippen LogP contribution in [0, 0.1) is 19.7 Å². The van der Waals surface area contributed by atoms with E-state index < -0.39 is 34.3 Å². The molecule has 0 aromatic heterocycles. The minimum atomic E-state index is -3.80. The number of amides is 2. The second-order valence-corrected chi connectivity index (χ2v) is 11.5. The molecule has 1 atom stereocenters. The van der Waals surface area contributed by atoms with Crippen molar-refractivity contribution in [1.29, 1.82) is 0 Å². The van der Waals surface area contributed by atoms with Gasteiger partial charge in [-0.2, -0.15) is 0 Å². The number of aryl methyl sites for hydroxylation is 2. The van der Waals surface area contributed by atoms with E-state index in [0.717, 1.165) is 47.4 Å². The molecule has 2 aromatic rings. The first-order chi connectivity index (χ1) is 17.0. The fourth-order valence-electron chi connectivity index (χ4n) is 4.75. The van der Waals surface area contributed by atoms with Crippen LogP contribution in [0.1, 0.15) is 55.7 Å². The lowest BCUT2D eigenvalue weighted by Gasteiger charge is -2.33. The van der Waals surface area contributed by atoms with Crippen LogP contribution < -0.4 is 9.62 Å². The molecule has 9 heteroatoms. The molecule has 36 heavy (non-hydrogen) atoms. The molecule has 3 rings (SSSR count). The monoisotopic (exact) mass is 517 g/mol. The second kappa shape index (κ2) is 11.9. The number of rotatable bonds is 10. The molecule has 1 saturated carbocycles. The number of hydrogen-bond acceptors (Lipinski definition) is 4. The van der Waals surface area contributed by atoms with Gasteiger partial charge in [0.25, 0.3) is 0 Å². The van der Waals surface area contributed by atoms with Gasteiger partial charge in [0.15, 0.2) is 0 Å². The predicted molar refractivity (Wildman–Crippen MR) is 140 cm³/mol. The maximum Gasteiger partial charge on any atom is 0.244 e. The highest BCUT2D eigenvalue weighted by atomic mass is 32.2. The summed E-state index contributed by atoms with van der Waals surface area (Å²) in [5.74, 6) is -1.16. The third-order valence-corrected chi connectivity index (χ3v) is 7.78. The maximum atomic E-state index is 13.7. The molecule has 7 nitrogen and oxygen atoms in total. The maximum absolute atomic E-state index is 13.7. The molecule has 0 spiro atoms. The minimum Gasteiger partial charge on any atom is -0.352 e. The number of nitrogens with zero attached hydrogens (tertiary/aromatic N) is 2. The molecule has 2 amide bonds. The van der Waals surface area contributed by atoms with Gasteiger partial charge in [0, 0.05) is 12.6 Å². The van der Waals surface area contributed by atoms with Crippen molar-refractivity contribution < 1.29 is 22.4 Å². The van der Waals surface area contributed by atoms with Crippen LogP contribution in [-0.2, 0) is 26.2 Å². The second-order valence-electron chi connectivity index (χ2n) is 9.62. The Bertz CT molecular complexity index is 1180. The van der Waals surface area contributed by atoms with Crippen LogP contribution in [0.2, 0.25) is 0 Å². The van der Waals surface area contributed by atoms with E-state index in [4.69, 9.17) is 0 Å². The van der Waals surface area contributed by atoms with Gasteiger partial charge in [0.05, 0.1) is 11.9 Å². The van der Waals surface area contributed by atoms with Crippen molar-refractivity contribution in [3.8, 4) is 0 Å². The largest absolute Gasteiger partial charge is 0.352 e. The summed E-state index contributed by atoms with van der Waals surface area (Å²) in [5.41, 5.74) is 2.77. The lowest BCUT2D eigenvalue weighted by molar-refractivity contribution is -0.140. The molecule has 0 heterocycles. The van der Waals surface area contributed by atoms with E-state index in [2.05, 4.69) is 5.32 Å². The summed E-state index contributed by atoms with van der Waals surface area (Å²) in [6, 6.07) is 10.4. The Balaban J connectivity index is 1.93. The van der Waals surface area contributed by atoms with Crippen molar-refractivity contribution >= 4 is 27.5 Å². The van der Waals surface area contributed by atoms with Gasteiger partial charge in [0.2, 0.25) is 21.8 Å². The van der Waals surface area contributed by atoms with Gasteiger partial charge in [-0.1, -0.05) is 49.6 Å². The quantitative estimate of drug-likeness (QED) is 0.515. The molecule has 0 unspecified atom stereocenters. The number of carbonyl (C=O) groups is 2. The molecule has 1 aliphatic carbocycles. The Labute approximate surface area is 213 Å². The zero-order valence-electron chi connectivity index (χ0n) is 21.5. The minimum absolute atomic E-state index is 0.0557. The van der Waals surface area contributed by atoms with E-state index in [0.29, 0.717) is 17.7 Å². The van der Waals surface area contributed by atoms with Crippen molar-refractivity contribution in [2.45, 2.75) is 71.5 Å². The van der Waals surface area contributed by atoms with Crippen LogP contribution in [0.25, 0.3) is 0 Å². The summed E-state index contributed by atoms with van der Waals surface area (Å²) in [7, 11) is -3.80. The Morgan fingerprint density at radius 3 is 2.28 bits per heavy atom. The number of nitrogens with one attached hydrogen (secondary N) is 1. The smallest absolute Gasteiger partial charge is 0.244 e. The van der Waals surface area contributed by atoms with Crippen LogP contribution >= 0.6 is 0 Å². The summed E-state index contributed by atoms with van der Waals surface area (Å²) in [6.45, 7) is 5.14. The number of anilines is 1. The third kappa shape index (κ3) is 7.06. The Morgan fingerprint density at radius 1 is 1.08 bits per heavy atom. The molecule has 0 radical (unpaired) electrons. The van der Waals surface area contributed by atoms with Gasteiger partial charge in [-0.3, -0.25) is 13.9 Å². The van der Waals surface area contributed by atoms with Crippen molar-refractivity contribution in [3.05, 3.63) is 65.0 Å². The van der Waals surface area contributed by atoms with Gasteiger partial charge in [-0.25, -0.2) is 12.8 Å². The summed E-state index contributed by atoms with van der Waals surface area (Å²) >= 11 is 0.